The predicted octanol–water partition coefficient (Wildman–Crippen LogP) is 2.04. The molecule has 21 heavy (non-hydrogen) atoms. The van der Waals surface area contributed by atoms with Gasteiger partial charge in [0.15, 0.2) is 0 Å². The quantitative estimate of drug-likeness (QED) is 0.686. The molecule has 0 aliphatic heterocycles. The Bertz CT molecular complexity index is 726. The van der Waals surface area contributed by atoms with Crippen LogP contribution in [0.3, 0.4) is 0 Å². The van der Waals surface area contributed by atoms with E-state index in [1.54, 1.807) is 24.6 Å². The van der Waals surface area contributed by atoms with Crippen LogP contribution in [0.25, 0.3) is 5.69 Å². The molecule has 0 spiro atoms. The van der Waals surface area contributed by atoms with E-state index in [0.29, 0.717) is 16.3 Å². The van der Waals surface area contributed by atoms with Gasteiger partial charge in [-0.1, -0.05) is 6.07 Å². The van der Waals surface area contributed by atoms with Crippen LogP contribution in [0.5, 0.6) is 0 Å². The number of rotatable bonds is 4. The monoisotopic (exact) mass is 301 g/mol. The second-order valence-corrected chi connectivity index (χ2v) is 5.11. The normalized spacial score (nSPS) is 12.0. The summed E-state index contributed by atoms with van der Waals surface area (Å²) in [5.74, 6) is -0.423. The number of nitrogens with zero attached hydrogens (tertiary/aromatic N) is 5. The maximum atomic E-state index is 12.3. The van der Waals surface area contributed by atoms with Gasteiger partial charge >= 0.3 is 5.97 Å². The van der Waals surface area contributed by atoms with Crippen molar-refractivity contribution in [3.8, 4) is 5.69 Å². The highest BCUT2D eigenvalue weighted by Gasteiger charge is 2.20. The minimum Gasteiger partial charge on any atom is -0.452 e. The van der Waals surface area contributed by atoms with E-state index >= 15 is 0 Å². The molecule has 8 heteroatoms. The fourth-order valence-electron chi connectivity index (χ4n) is 1.80. The fraction of sp³-hybridized carbons (Fsp3) is 0.154. The smallest absolute Gasteiger partial charge is 0.351 e. The van der Waals surface area contributed by atoms with Gasteiger partial charge < -0.3 is 4.74 Å². The van der Waals surface area contributed by atoms with Gasteiger partial charge in [0.2, 0.25) is 0 Å². The minimum atomic E-state index is -0.428. The summed E-state index contributed by atoms with van der Waals surface area (Å²) < 4.78 is 6.88. The zero-order chi connectivity index (χ0) is 14.7. The Balaban J connectivity index is 1.79. The lowest BCUT2D eigenvalue weighted by Gasteiger charge is -2.12. The van der Waals surface area contributed by atoms with E-state index in [2.05, 4.69) is 20.5 Å². The van der Waals surface area contributed by atoms with E-state index in [1.165, 1.54) is 22.3 Å². The van der Waals surface area contributed by atoms with Gasteiger partial charge in [-0.3, -0.25) is 4.98 Å². The van der Waals surface area contributed by atoms with Crippen LogP contribution in [-0.4, -0.2) is 31.2 Å². The summed E-state index contributed by atoms with van der Waals surface area (Å²) in [6.45, 7) is 1.78. The lowest BCUT2D eigenvalue weighted by atomic mass is 10.2. The summed E-state index contributed by atoms with van der Waals surface area (Å²) >= 11 is 1.28. The van der Waals surface area contributed by atoms with Crippen LogP contribution in [0, 0.1) is 0 Å². The number of esters is 1. The van der Waals surface area contributed by atoms with E-state index in [0.717, 1.165) is 0 Å². The molecule has 0 amide bonds. The third-order valence-corrected chi connectivity index (χ3v) is 3.70. The van der Waals surface area contributed by atoms with Crippen molar-refractivity contribution < 1.29 is 9.53 Å². The number of tetrazole rings is 1. The van der Waals surface area contributed by atoms with Gasteiger partial charge in [0.1, 0.15) is 17.3 Å². The highest BCUT2D eigenvalue weighted by Crippen LogP contribution is 2.24. The Kier molecular flexibility index (Phi) is 3.69. The molecule has 0 aromatic carbocycles. The van der Waals surface area contributed by atoms with Crippen LogP contribution in [0.4, 0.5) is 0 Å². The molecule has 3 rings (SSSR count). The number of carbonyl (C=O) groups is 1. The molecule has 0 radical (unpaired) electrons. The molecule has 0 fully saturated rings. The second kappa shape index (κ2) is 5.80. The molecule has 3 heterocycles. The Labute approximate surface area is 124 Å². The molecule has 0 saturated heterocycles. The lowest BCUT2D eigenvalue weighted by Crippen LogP contribution is -2.11. The molecular formula is C13H11N5O2S. The zero-order valence-electron chi connectivity index (χ0n) is 11.1. The maximum absolute atomic E-state index is 12.3. The van der Waals surface area contributed by atoms with E-state index in [4.69, 9.17) is 4.74 Å². The van der Waals surface area contributed by atoms with Crippen molar-refractivity contribution in [2.75, 3.05) is 0 Å². The van der Waals surface area contributed by atoms with Crippen LogP contribution in [-0.2, 0) is 4.74 Å². The third-order valence-electron chi connectivity index (χ3n) is 2.81. The van der Waals surface area contributed by atoms with Gasteiger partial charge in [-0.25, -0.2) is 4.79 Å². The van der Waals surface area contributed by atoms with Gasteiger partial charge in [-0.05, 0) is 40.9 Å². The van der Waals surface area contributed by atoms with E-state index in [9.17, 15) is 4.79 Å². The first-order chi connectivity index (χ1) is 10.3. The fourth-order valence-corrected chi connectivity index (χ4v) is 2.56. The Morgan fingerprint density at radius 1 is 1.38 bits per heavy atom. The summed E-state index contributed by atoms with van der Waals surface area (Å²) in [6.07, 6.45) is 2.67. The molecule has 0 aliphatic carbocycles. The summed E-state index contributed by atoms with van der Waals surface area (Å²) in [6, 6.07) is 7.25. The lowest BCUT2D eigenvalue weighted by molar-refractivity contribution is 0.0335. The highest BCUT2D eigenvalue weighted by atomic mass is 32.1. The van der Waals surface area contributed by atoms with Crippen molar-refractivity contribution in [2.45, 2.75) is 13.0 Å². The SMILES string of the molecule is C[C@H](OC(=O)c1sccc1-n1cnnn1)c1ccccn1. The Morgan fingerprint density at radius 3 is 3.00 bits per heavy atom. The van der Waals surface area contributed by atoms with Crippen molar-refractivity contribution in [3.63, 3.8) is 0 Å². The molecule has 0 unspecified atom stereocenters. The number of hydrogen-bond acceptors (Lipinski definition) is 7. The predicted molar refractivity (Wildman–Crippen MR) is 75.1 cm³/mol. The van der Waals surface area contributed by atoms with Crippen molar-refractivity contribution in [2.24, 2.45) is 0 Å². The standard InChI is InChI=1S/C13H11N5O2S/c1-9(10-4-2-3-6-14-10)20-13(19)12-11(5-7-21-12)18-8-15-16-17-18/h2-9H,1H3/t9-/m0/s1. The average Bonchev–Trinajstić information content (AvgIpc) is 3.18. The van der Waals surface area contributed by atoms with Gasteiger partial charge in [0, 0.05) is 6.20 Å². The van der Waals surface area contributed by atoms with Gasteiger partial charge in [-0.15, -0.1) is 16.4 Å². The molecule has 0 saturated carbocycles. The number of pyridine rings is 1. The number of thiophene rings is 1. The van der Waals surface area contributed by atoms with Crippen LogP contribution in [0.1, 0.15) is 28.4 Å². The topological polar surface area (TPSA) is 82.8 Å². The number of ether oxygens (including phenoxy) is 1. The third kappa shape index (κ3) is 2.79. The van der Waals surface area contributed by atoms with Crippen LogP contribution < -0.4 is 0 Å². The van der Waals surface area contributed by atoms with Gasteiger partial charge in [-0.2, -0.15) is 4.68 Å². The van der Waals surface area contributed by atoms with Gasteiger partial charge in [0.25, 0.3) is 0 Å². The minimum absolute atomic E-state index is 0.423. The van der Waals surface area contributed by atoms with E-state index < -0.39 is 12.1 Å². The Morgan fingerprint density at radius 2 is 2.29 bits per heavy atom. The van der Waals surface area contributed by atoms with Crippen LogP contribution >= 0.6 is 11.3 Å². The highest BCUT2D eigenvalue weighted by molar-refractivity contribution is 7.12. The molecule has 1 atom stereocenters. The number of aromatic nitrogens is 5. The Hall–Kier alpha value is -2.61. The number of carbonyl (C=O) groups excluding carboxylic acids is 1. The summed E-state index contributed by atoms with van der Waals surface area (Å²) in [5.41, 5.74) is 1.30. The van der Waals surface area contributed by atoms with E-state index in [-0.39, 0.29) is 0 Å². The molecule has 106 valence electrons. The first kappa shape index (κ1) is 13.4. The maximum Gasteiger partial charge on any atom is 0.351 e. The second-order valence-electron chi connectivity index (χ2n) is 4.19. The van der Waals surface area contributed by atoms with Crippen molar-refractivity contribution in [3.05, 3.63) is 52.7 Å². The summed E-state index contributed by atoms with van der Waals surface area (Å²) in [7, 11) is 0. The van der Waals surface area contributed by atoms with E-state index in [1.807, 2.05) is 18.2 Å². The largest absolute Gasteiger partial charge is 0.452 e. The van der Waals surface area contributed by atoms with Gasteiger partial charge in [0.05, 0.1) is 11.4 Å². The molecule has 0 bridgehead atoms. The van der Waals surface area contributed by atoms with Crippen molar-refractivity contribution in [1.82, 2.24) is 25.2 Å². The van der Waals surface area contributed by atoms with Crippen molar-refractivity contribution in [1.29, 1.82) is 0 Å². The first-order valence-corrected chi connectivity index (χ1v) is 7.06. The molecule has 0 aliphatic rings. The molecule has 3 aromatic heterocycles. The average molecular weight is 301 g/mol. The first-order valence-electron chi connectivity index (χ1n) is 6.18. The molecule has 0 N–H and O–H groups in total. The zero-order valence-corrected chi connectivity index (χ0v) is 11.9. The number of hydrogen-bond donors (Lipinski definition) is 0. The summed E-state index contributed by atoms with van der Waals surface area (Å²) in [4.78, 5) is 16.9. The van der Waals surface area contributed by atoms with Crippen molar-refractivity contribution >= 4 is 17.3 Å². The van der Waals surface area contributed by atoms with Crippen LogP contribution in [0.15, 0.2) is 42.2 Å². The molecule has 7 nitrogen and oxygen atoms in total. The summed E-state index contributed by atoms with van der Waals surface area (Å²) in [5, 5.41) is 12.7. The molecule has 3 aromatic rings. The van der Waals surface area contributed by atoms with Crippen LogP contribution in [0.2, 0.25) is 0 Å². The molecular weight excluding hydrogens is 290 g/mol.